The Balaban J connectivity index is 1.98. The van der Waals surface area contributed by atoms with Gasteiger partial charge in [-0.05, 0) is 35.9 Å². The molecule has 0 amide bonds. The Morgan fingerprint density at radius 1 is 1.04 bits per heavy atom. The molecule has 0 bridgehead atoms. The van der Waals surface area contributed by atoms with Gasteiger partial charge in [0.15, 0.2) is 0 Å². The van der Waals surface area contributed by atoms with Crippen molar-refractivity contribution < 1.29 is 9.66 Å². The van der Waals surface area contributed by atoms with Gasteiger partial charge in [0.1, 0.15) is 5.75 Å². The summed E-state index contributed by atoms with van der Waals surface area (Å²) in [6, 6.07) is 16.5. The lowest BCUT2D eigenvalue weighted by Gasteiger charge is -2.16. The van der Waals surface area contributed by atoms with Crippen LogP contribution in [0.5, 0.6) is 5.75 Å². The Morgan fingerprint density at radius 2 is 1.88 bits per heavy atom. The van der Waals surface area contributed by atoms with Crippen LogP contribution in [0.1, 0.15) is 22.7 Å². The molecule has 0 radical (unpaired) electrons. The number of nitrogens with zero attached hydrogens (tertiary/aromatic N) is 1. The lowest BCUT2D eigenvalue weighted by atomic mass is 9.87. The van der Waals surface area contributed by atoms with Crippen molar-refractivity contribution in [3.63, 3.8) is 0 Å². The number of fused-ring (bicyclic) bond motifs is 1. The molecule has 26 heavy (non-hydrogen) atoms. The number of H-pyrrole nitrogens is 2. The maximum absolute atomic E-state index is 11.6. The molecule has 0 saturated heterocycles. The molecule has 2 N–H and O–H groups in total. The molecule has 6 nitrogen and oxygen atoms in total. The molecule has 6 heteroatoms. The molecular formula is C20H17N3O3. The highest BCUT2D eigenvalue weighted by atomic mass is 16.6. The van der Waals surface area contributed by atoms with E-state index in [0.717, 1.165) is 27.9 Å². The molecule has 2 heterocycles. The SMILES string of the molecule is COc1ccc2[nH]cc(C(c3ccc[nH]3)c3ccccc3[N+](=O)[O-])c2c1. The quantitative estimate of drug-likeness (QED) is 0.409. The topological polar surface area (TPSA) is 84.0 Å². The van der Waals surface area contributed by atoms with Gasteiger partial charge in [0.05, 0.1) is 18.0 Å². The van der Waals surface area contributed by atoms with E-state index in [1.165, 1.54) is 0 Å². The maximum atomic E-state index is 11.6. The van der Waals surface area contributed by atoms with Crippen molar-refractivity contribution in [2.24, 2.45) is 0 Å². The zero-order valence-electron chi connectivity index (χ0n) is 14.1. The first-order valence-corrected chi connectivity index (χ1v) is 8.20. The minimum atomic E-state index is -0.333. The van der Waals surface area contributed by atoms with E-state index >= 15 is 0 Å². The molecule has 4 aromatic rings. The summed E-state index contributed by atoms with van der Waals surface area (Å²) in [7, 11) is 1.62. The summed E-state index contributed by atoms with van der Waals surface area (Å²) in [5.74, 6) is 0.443. The molecule has 130 valence electrons. The fourth-order valence-corrected chi connectivity index (χ4v) is 3.41. The number of para-hydroxylation sites is 1. The van der Waals surface area contributed by atoms with Crippen molar-refractivity contribution in [1.82, 2.24) is 9.97 Å². The molecule has 0 saturated carbocycles. The van der Waals surface area contributed by atoms with Gasteiger partial charge in [-0.3, -0.25) is 10.1 Å². The Bertz CT molecular complexity index is 1070. The molecule has 0 fully saturated rings. The number of rotatable bonds is 5. The van der Waals surface area contributed by atoms with Crippen LogP contribution in [0.2, 0.25) is 0 Å². The van der Waals surface area contributed by atoms with Crippen LogP contribution >= 0.6 is 0 Å². The Hall–Kier alpha value is -3.54. The van der Waals surface area contributed by atoms with Crippen LogP contribution in [0.4, 0.5) is 5.69 Å². The van der Waals surface area contributed by atoms with Gasteiger partial charge in [0.2, 0.25) is 0 Å². The van der Waals surface area contributed by atoms with Gasteiger partial charge in [-0.25, -0.2) is 0 Å². The normalized spacial score (nSPS) is 12.2. The first-order chi connectivity index (χ1) is 12.7. The lowest BCUT2D eigenvalue weighted by molar-refractivity contribution is -0.385. The van der Waals surface area contributed by atoms with Crippen molar-refractivity contribution >= 4 is 16.6 Å². The summed E-state index contributed by atoms with van der Waals surface area (Å²) in [5.41, 5.74) is 3.54. The number of ether oxygens (including phenoxy) is 1. The number of nitro benzene ring substituents is 1. The highest BCUT2D eigenvalue weighted by molar-refractivity contribution is 5.86. The Morgan fingerprint density at radius 3 is 2.62 bits per heavy atom. The van der Waals surface area contributed by atoms with Gasteiger partial charge >= 0.3 is 0 Å². The first-order valence-electron chi connectivity index (χ1n) is 8.20. The van der Waals surface area contributed by atoms with Gasteiger partial charge in [-0.15, -0.1) is 0 Å². The minimum absolute atomic E-state index is 0.101. The second-order valence-corrected chi connectivity index (χ2v) is 6.03. The van der Waals surface area contributed by atoms with E-state index in [0.29, 0.717) is 5.56 Å². The van der Waals surface area contributed by atoms with Crippen molar-refractivity contribution in [2.75, 3.05) is 7.11 Å². The van der Waals surface area contributed by atoms with E-state index in [2.05, 4.69) is 9.97 Å². The lowest BCUT2D eigenvalue weighted by Crippen LogP contribution is -2.06. The second-order valence-electron chi connectivity index (χ2n) is 6.03. The van der Waals surface area contributed by atoms with E-state index in [1.807, 2.05) is 54.9 Å². The number of benzene rings is 2. The van der Waals surface area contributed by atoms with Gasteiger partial charge in [-0.2, -0.15) is 0 Å². The smallest absolute Gasteiger partial charge is 0.273 e. The minimum Gasteiger partial charge on any atom is -0.497 e. The number of nitrogens with one attached hydrogen (secondary N) is 2. The predicted molar refractivity (Wildman–Crippen MR) is 99.7 cm³/mol. The summed E-state index contributed by atoms with van der Waals surface area (Å²) in [6.07, 6.45) is 3.73. The molecular weight excluding hydrogens is 330 g/mol. The average molecular weight is 347 g/mol. The monoisotopic (exact) mass is 347 g/mol. The number of nitro groups is 1. The van der Waals surface area contributed by atoms with E-state index in [9.17, 15) is 10.1 Å². The van der Waals surface area contributed by atoms with Gasteiger partial charge in [0, 0.05) is 40.6 Å². The molecule has 0 spiro atoms. The number of hydrogen-bond acceptors (Lipinski definition) is 3. The molecule has 0 aliphatic carbocycles. The van der Waals surface area contributed by atoms with Crippen LogP contribution in [0.15, 0.2) is 67.0 Å². The van der Waals surface area contributed by atoms with Crippen molar-refractivity contribution in [1.29, 1.82) is 0 Å². The number of hydrogen-bond donors (Lipinski definition) is 2. The van der Waals surface area contributed by atoms with Crippen LogP contribution in [0, 0.1) is 10.1 Å². The summed E-state index contributed by atoms with van der Waals surface area (Å²) in [4.78, 5) is 17.7. The number of aromatic nitrogens is 2. The average Bonchev–Trinajstić information content (AvgIpc) is 3.33. The molecule has 0 aliphatic heterocycles. The first kappa shape index (κ1) is 16.0. The summed E-state index contributed by atoms with van der Waals surface area (Å²) >= 11 is 0. The van der Waals surface area contributed by atoms with Crippen LogP contribution in [-0.4, -0.2) is 22.0 Å². The summed E-state index contributed by atoms with van der Waals surface area (Å²) < 4.78 is 5.35. The predicted octanol–water partition coefficient (Wildman–Crippen LogP) is 4.59. The van der Waals surface area contributed by atoms with Gasteiger partial charge in [-0.1, -0.05) is 18.2 Å². The Labute approximate surface area is 149 Å². The third-order valence-corrected chi connectivity index (χ3v) is 4.61. The molecule has 1 atom stereocenters. The summed E-state index contributed by atoms with van der Waals surface area (Å²) in [5, 5.41) is 12.6. The molecule has 1 unspecified atom stereocenters. The van der Waals surface area contributed by atoms with E-state index in [-0.39, 0.29) is 16.5 Å². The zero-order chi connectivity index (χ0) is 18.1. The van der Waals surface area contributed by atoms with Crippen LogP contribution in [-0.2, 0) is 0 Å². The van der Waals surface area contributed by atoms with Crippen molar-refractivity contribution in [2.45, 2.75) is 5.92 Å². The van der Waals surface area contributed by atoms with Crippen LogP contribution < -0.4 is 4.74 Å². The van der Waals surface area contributed by atoms with E-state index in [4.69, 9.17) is 4.74 Å². The highest BCUT2D eigenvalue weighted by Crippen LogP contribution is 2.40. The fourth-order valence-electron chi connectivity index (χ4n) is 3.41. The van der Waals surface area contributed by atoms with Gasteiger partial charge < -0.3 is 14.7 Å². The van der Waals surface area contributed by atoms with Gasteiger partial charge in [0.25, 0.3) is 5.69 Å². The van der Waals surface area contributed by atoms with Crippen molar-refractivity contribution in [3.05, 3.63) is 93.9 Å². The summed E-state index contributed by atoms with van der Waals surface area (Å²) in [6.45, 7) is 0. The van der Waals surface area contributed by atoms with Crippen LogP contribution in [0.3, 0.4) is 0 Å². The molecule has 4 rings (SSSR count). The third-order valence-electron chi connectivity index (χ3n) is 4.61. The number of aromatic amines is 2. The van der Waals surface area contributed by atoms with Crippen molar-refractivity contribution in [3.8, 4) is 5.75 Å². The third kappa shape index (κ3) is 2.61. The Kier molecular flexibility index (Phi) is 3.93. The molecule has 2 aromatic carbocycles. The maximum Gasteiger partial charge on any atom is 0.273 e. The number of methoxy groups -OCH3 is 1. The second kappa shape index (κ2) is 6.40. The van der Waals surface area contributed by atoms with Crippen LogP contribution in [0.25, 0.3) is 10.9 Å². The van der Waals surface area contributed by atoms with E-state index < -0.39 is 0 Å². The highest BCUT2D eigenvalue weighted by Gasteiger charge is 2.27. The zero-order valence-corrected chi connectivity index (χ0v) is 14.1. The molecule has 0 aliphatic rings. The van der Waals surface area contributed by atoms with E-state index in [1.54, 1.807) is 19.2 Å². The fraction of sp³-hybridized carbons (Fsp3) is 0.100. The largest absolute Gasteiger partial charge is 0.497 e. The molecule has 2 aromatic heterocycles. The standard InChI is InChI=1S/C20H17N3O3/c1-26-13-8-9-17-15(11-13)16(12-22-17)20(18-6-4-10-21-18)14-5-2-3-7-19(14)23(24)25/h2-12,20-22H,1H3.